The maximum Gasteiger partial charge on any atom is 0.217 e. The number of carbonyl (C=O) groups is 1. The fraction of sp³-hybridized carbons (Fsp3) is 0.467. The number of aromatic nitrogens is 3. The second-order valence-corrected chi connectivity index (χ2v) is 6.61. The first-order chi connectivity index (χ1) is 10.5. The molecule has 1 fully saturated rings. The quantitative estimate of drug-likeness (QED) is 0.934. The third-order valence-electron chi connectivity index (χ3n) is 3.78. The summed E-state index contributed by atoms with van der Waals surface area (Å²) in [5, 5.41) is 6.10. The molecule has 1 amide bonds. The van der Waals surface area contributed by atoms with Crippen molar-refractivity contribution >= 4 is 23.1 Å². The molecule has 2 aromatic heterocycles. The maximum absolute atomic E-state index is 11.7. The Morgan fingerprint density at radius 3 is 2.77 bits per heavy atom. The second kappa shape index (κ2) is 5.64. The predicted octanol–water partition coefficient (Wildman–Crippen LogP) is 1.79. The van der Waals surface area contributed by atoms with E-state index in [1.807, 2.05) is 19.2 Å². The SMILES string of the molecule is CC(=O)NC1(c2nc(C)cs2)CCN(c2cncc(C)n2)C1. The van der Waals surface area contributed by atoms with Gasteiger partial charge in [0.1, 0.15) is 16.4 Å². The number of rotatable bonds is 3. The highest BCUT2D eigenvalue weighted by molar-refractivity contribution is 7.09. The van der Waals surface area contributed by atoms with E-state index in [4.69, 9.17) is 0 Å². The van der Waals surface area contributed by atoms with Gasteiger partial charge in [0.05, 0.1) is 11.9 Å². The van der Waals surface area contributed by atoms with Crippen molar-refractivity contribution in [3.8, 4) is 0 Å². The van der Waals surface area contributed by atoms with Crippen LogP contribution in [0.25, 0.3) is 0 Å². The van der Waals surface area contributed by atoms with Crippen LogP contribution in [-0.4, -0.2) is 33.9 Å². The summed E-state index contributed by atoms with van der Waals surface area (Å²) in [7, 11) is 0. The number of anilines is 1. The van der Waals surface area contributed by atoms with E-state index in [2.05, 4.69) is 25.2 Å². The molecule has 0 saturated carbocycles. The van der Waals surface area contributed by atoms with Crippen LogP contribution in [-0.2, 0) is 10.3 Å². The number of amides is 1. The molecule has 0 radical (unpaired) electrons. The summed E-state index contributed by atoms with van der Waals surface area (Å²) in [6, 6.07) is 0. The third-order valence-corrected chi connectivity index (χ3v) is 4.94. The van der Waals surface area contributed by atoms with Gasteiger partial charge in [0.2, 0.25) is 5.91 Å². The second-order valence-electron chi connectivity index (χ2n) is 5.75. The number of thiazole rings is 1. The van der Waals surface area contributed by atoms with Crippen molar-refractivity contribution in [3.05, 3.63) is 34.2 Å². The van der Waals surface area contributed by atoms with Gasteiger partial charge in [-0.15, -0.1) is 11.3 Å². The van der Waals surface area contributed by atoms with Gasteiger partial charge in [-0.25, -0.2) is 9.97 Å². The zero-order chi connectivity index (χ0) is 15.7. The first-order valence-corrected chi connectivity index (χ1v) is 8.11. The van der Waals surface area contributed by atoms with Crippen molar-refractivity contribution in [1.29, 1.82) is 0 Å². The molecule has 1 atom stereocenters. The highest BCUT2D eigenvalue weighted by Crippen LogP contribution is 2.35. The minimum absolute atomic E-state index is 0.0370. The maximum atomic E-state index is 11.7. The highest BCUT2D eigenvalue weighted by atomic mass is 32.1. The van der Waals surface area contributed by atoms with Gasteiger partial charge in [-0.1, -0.05) is 0 Å². The van der Waals surface area contributed by atoms with Gasteiger partial charge in [0.25, 0.3) is 0 Å². The molecule has 0 aromatic carbocycles. The normalized spacial score (nSPS) is 21.1. The molecule has 3 heterocycles. The molecular weight excluding hydrogens is 298 g/mol. The van der Waals surface area contributed by atoms with Crippen molar-refractivity contribution in [2.75, 3.05) is 18.0 Å². The lowest BCUT2D eigenvalue weighted by molar-refractivity contribution is -0.120. The van der Waals surface area contributed by atoms with Gasteiger partial charge in [-0.3, -0.25) is 9.78 Å². The first-order valence-electron chi connectivity index (χ1n) is 7.23. The Hall–Kier alpha value is -2.02. The Bertz CT molecular complexity index is 701. The molecule has 1 unspecified atom stereocenters. The summed E-state index contributed by atoms with van der Waals surface area (Å²) in [6.07, 6.45) is 4.32. The van der Waals surface area contributed by atoms with E-state index in [0.29, 0.717) is 6.54 Å². The lowest BCUT2D eigenvalue weighted by atomic mass is 9.99. The van der Waals surface area contributed by atoms with Crippen LogP contribution >= 0.6 is 11.3 Å². The minimum Gasteiger partial charge on any atom is -0.352 e. The first kappa shape index (κ1) is 14.9. The van der Waals surface area contributed by atoms with Crippen LogP contribution in [0.4, 0.5) is 5.82 Å². The van der Waals surface area contributed by atoms with Crippen LogP contribution in [0.1, 0.15) is 29.7 Å². The molecule has 0 spiro atoms. The molecule has 7 heteroatoms. The summed E-state index contributed by atoms with van der Waals surface area (Å²) in [5.41, 5.74) is 1.44. The Morgan fingerprint density at radius 1 is 1.32 bits per heavy atom. The lowest BCUT2D eigenvalue weighted by Crippen LogP contribution is -2.47. The van der Waals surface area contributed by atoms with Crippen molar-refractivity contribution in [2.24, 2.45) is 0 Å². The number of carbonyl (C=O) groups excluding carboxylic acids is 1. The van der Waals surface area contributed by atoms with Gasteiger partial charge in [0, 0.05) is 37.3 Å². The summed E-state index contributed by atoms with van der Waals surface area (Å²) in [4.78, 5) is 27.2. The van der Waals surface area contributed by atoms with Gasteiger partial charge < -0.3 is 10.2 Å². The average Bonchev–Trinajstić information content (AvgIpc) is 3.06. The van der Waals surface area contributed by atoms with E-state index >= 15 is 0 Å². The molecule has 6 nitrogen and oxygen atoms in total. The molecule has 1 aliphatic rings. The molecule has 1 aliphatic heterocycles. The largest absolute Gasteiger partial charge is 0.352 e. The monoisotopic (exact) mass is 317 g/mol. The van der Waals surface area contributed by atoms with E-state index in [1.54, 1.807) is 30.7 Å². The Kier molecular flexibility index (Phi) is 3.82. The molecule has 22 heavy (non-hydrogen) atoms. The summed E-state index contributed by atoms with van der Waals surface area (Å²) in [5.74, 6) is 0.811. The zero-order valence-electron chi connectivity index (χ0n) is 13.0. The van der Waals surface area contributed by atoms with Crippen molar-refractivity contribution < 1.29 is 4.79 Å². The third kappa shape index (κ3) is 2.81. The fourth-order valence-electron chi connectivity index (χ4n) is 2.85. The molecule has 1 N–H and O–H groups in total. The van der Waals surface area contributed by atoms with E-state index in [0.717, 1.165) is 35.2 Å². The van der Waals surface area contributed by atoms with Crippen LogP contribution in [0.2, 0.25) is 0 Å². The van der Waals surface area contributed by atoms with Crippen LogP contribution in [0.3, 0.4) is 0 Å². The number of nitrogens with one attached hydrogen (secondary N) is 1. The Labute approximate surface area is 133 Å². The molecule has 0 bridgehead atoms. The number of hydrogen-bond acceptors (Lipinski definition) is 6. The minimum atomic E-state index is -0.434. The van der Waals surface area contributed by atoms with Crippen LogP contribution in [0.15, 0.2) is 17.8 Å². The number of hydrogen-bond donors (Lipinski definition) is 1. The van der Waals surface area contributed by atoms with Gasteiger partial charge in [-0.05, 0) is 20.3 Å². The van der Waals surface area contributed by atoms with Crippen LogP contribution < -0.4 is 10.2 Å². The summed E-state index contributed by atoms with van der Waals surface area (Å²) >= 11 is 1.60. The Balaban J connectivity index is 1.91. The molecule has 3 rings (SSSR count). The Morgan fingerprint density at radius 2 is 2.14 bits per heavy atom. The van der Waals surface area contributed by atoms with E-state index in [-0.39, 0.29) is 5.91 Å². The lowest BCUT2D eigenvalue weighted by Gasteiger charge is -2.28. The topological polar surface area (TPSA) is 71.0 Å². The van der Waals surface area contributed by atoms with E-state index < -0.39 is 5.54 Å². The van der Waals surface area contributed by atoms with Crippen LogP contribution in [0.5, 0.6) is 0 Å². The van der Waals surface area contributed by atoms with Crippen LogP contribution in [0, 0.1) is 13.8 Å². The highest BCUT2D eigenvalue weighted by Gasteiger charge is 2.43. The average molecular weight is 317 g/mol. The molecule has 0 aliphatic carbocycles. The molecular formula is C15H19N5OS. The molecule has 116 valence electrons. The zero-order valence-corrected chi connectivity index (χ0v) is 13.8. The molecule has 1 saturated heterocycles. The van der Waals surface area contributed by atoms with Gasteiger partial charge in [0.15, 0.2) is 0 Å². The van der Waals surface area contributed by atoms with Gasteiger partial charge in [-0.2, -0.15) is 0 Å². The van der Waals surface area contributed by atoms with Crippen molar-refractivity contribution in [2.45, 2.75) is 32.7 Å². The summed E-state index contributed by atoms with van der Waals surface area (Å²) < 4.78 is 0. The van der Waals surface area contributed by atoms with Crippen molar-refractivity contribution in [3.63, 3.8) is 0 Å². The smallest absolute Gasteiger partial charge is 0.217 e. The number of aryl methyl sites for hydroxylation is 2. The van der Waals surface area contributed by atoms with E-state index in [1.165, 1.54) is 0 Å². The summed E-state index contributed by atoms with van der Waals surface area (Å²) in [6.45, 7) is 6.93. The predicted molar refractivity (Wildman–Crippen MR) is 85.9 cm³/mol. The van der Waals surface area contributed by atoms with Crippen molar-refractivity contribution in [1.82, 2.24) is 20.3 Å². The fourth-order valence-corrected chi connectivity index (χ4v) is 3.82. The molecule has 2 aromatic rings. The van der Waals surface area contributed by atoms with E-state index in [9.17, 15) is 4.79 Å². The number of nitrogens with zero attached hydrogens (tertiary/aromatic N) is 4. The van der Waals surface area contributed by atoms with Gasteiger partial charge >= 0.3 is 0 Å². The standard InChI is InChI=1S/C15H19N5OS/c1-10-6-16-7-13(17-10)20-5-4-15(9-20,19-12(3)21)14-18-11(2)8-22-14/h6-8H,4-5,9H2,1-3H3,(H,19,21).